The summed E-state index contributed by atoms with van der Waals surface area (Å²) in [6, 6.07) is 4.71. The molecule has 0 fully saturated rings. The van der Waals surface area contributed by atoms with E-state index in [9.17, 15) is 5.11 Å². The molecule has 66 valence electrons. The summed E-state index contributed by atoms with van der Waals surface area (Å²) in [6.07, 6.45) is 0. The van der Waals surface area contributed by atoms with E-state index in [0.717, 1.165) is 11.1 Å². The molecular weight excluding hydrogens is 154 g/mol. The van der Waals surface area contributed by atoms with Crippen molar-refractivity contribution in [2.24, 2.45) is 5.73 Å². The van der Waals surface area contributed by atoms with E-state index in [0.29, 0.717) is 0 Å². The Bertz CT molecular complexity index is 273. The van der Waals surface area contributed by atoms with Crippen molar-refractivity contribution in [2.75, 3.05) is 6.61 Å². The smallest absolute Gasteiger partial charge is 0.118 e. The molecule has 0 bridgehead atoms. The molecule has 0 aliphatic rings. The maximum Gasteiger partial charge on any atom is 0.118 e. The van der Waals surface area contributed by atoms with E-state index in [4.69, 9.17) is 10.8 Å². The van der Waals surface area contributed by atoms with Gasteiger partial charge in [-0.05, 0) is 24.1 Å². The van der Waals surface area contributed by atoms with Crippen LogP contribution in [-0.4, -0.2) is 16.8 Å². The van der Waals surface area contributed by atoms with Gasteiger partial charge >= 0.3 is 0 Å². The Morgan fingerprint density at radius 3 is 2.67 bits per heavy atom. The molecule has 1 aromatic carbocycles. The van der Waals surface area contributed by atoms with Gasteiger partial charge in [-0.15, -0.1) is 0 Å². The number of phenols is 1. The Labute approximate surface area is 71.5 Å². The SMILES string of the molecule is Cc1cc(C(N)CO)ccc1O. The molecule has 1 rings (SSSR count). The first-order valence-electron chi connectivity index (χ1n) is 3.81. The lowest BCUT2D eigenvalue weighted by molar-refractivity contribution is 0.268. The van der Waals surface area contributed by atoms with E-state index >= 15 is 0 Å². The molecule has 0 aromatic heterocycles. The highest BCUT2D eigenvalue weighted by atomic mass is 16.3. The minimum Gasteiger partial charge on any atom is -0.508 e. The zero-order chi connectivity index (χ0) is 9.14. The number of aryl methyl sites for hydroxylation is 1. The Hall–Kier alpha value is -1.06. The van der Waals surface area contributed by atoms with Crippen molar-refractivity contribution in [2.45, 2.75) is 13.0 Å². The summed E-state index contributed by atoms with van der Waals surface area (Å²) < 4.78 is 0. The fourth-order valence-electron chi connectivity index (χ4n) is 1.01. The van der Waals surface area contributed by atoms with Crippen LogP contribution in [0, 0.1) is 6.92 Å². The second-order valence-corrected chi connectivity index (χ2v) is 2.83. The Morgan fingerprint density at radius 2 is 2.17 bits per heavy atom. The van der Waals surface area contributed by atoms with Gasteiger partial charge in [-0.2, -0.15) is 0 Å². The molecule has 3 nitrogen and oxygen atoms in total. The van der Waals surface area contributed by atoms with Gasteiger partial charge < -0.3 is 15.9 Å². The molecular formula is C9H13NO2. The molecule has 0 aliphatic carbocycles. The van der Waals surface area contributed by atoms with Crippen molar-refractivity contribution in [3.63, 3.8) is 0 Å². The predicted octanol–water partition coefficient (Wildman–Crippen LogP) is 0.693. The van der Waals surface area contributed by atoms with Gasteiger partial charge in [0.05, 0.1) is 12.6 Å². The van der Waals surface area contributed by atoms with Crippen molar-refractivity contribution in [3.05, 3.63) is 29.3 Å². The molecule has 0 radical (unpaired) electrons. The molecule has 1 atom stereocenters. The van der Waals surface area contributed by atoms with Crippen molar-refractivity contribution in [3.8, 4) is 5.75 Å². The van der Waals surface area contributed by atoms with Crippen LogP contribution in [0.2, 0.25) is 0 Å². The van der Waals surface area contributed by atoms with E-state index in [1.807, 2.05) is 0 Å². The van der Waals surface area contributed by atoms with Gasteiger partial charge in [0.25, 0.3) is 0 Å². The Kier molecular flexibility index (Phi) is 2.68. The lowest BCUT2D eigenvalue weighted by Crippen LogP contribution is -2.14. The maximum atomic E-state index is 9.19. The van der Waals surface area contributed by atoms with Gasteiger partial charge in [-0.25, -0.2) is 0 Å². The van der Waals surface area contributed by atoms with Crippen LogP contribution in [0.3, 0.4) is 0 Å². The zero-order valence-electron chi connectivity index (χ0n) is 6.99. The molecule has 0 saturated heterocycles. The van der Waals surface area contributed by atoms with Gasteiger partial charge in [0, 0.05) is 0 Å². The third-order valence-corrected chi connectivity index (χ3v) is 1.85. The van der Waals surface area contributed by atoms with Gasteiger partial charge in [-0.3, -0.25) is 0 Å². The van der Waals surface area contributed by atoms with E-state index < -0.39 is 0 Å². The Balaban J connectivity index is 2.96. The standard InChI is InChI=1S/C9H13NO2/c1-6-4-7(8(10)5-11)2-3-9(6)12/h2-4,8,11-12H,5,10H2,1H3. The first-order chi connectivity index (χ1) is 5.65. The molecule has 12 heavy (non-hydrogen) atoms. The first-order valence-corrected chi connectivity index (χ1v) is 3.81. The molecule has 0 saturated carbocycles. The minimum atomic E-state index is -0.357. The number of nitrogens with two attached hydrogens (primary N) is 1. The number of aromatic hydroxyl groups is 1. The maximum absolute atomic E-state index is 9.19. The van der Waals surface area contributed by atoms with Crippen LogP contribution in [0.15, 0.2) is 18.2 Å². The van der Waals surface area contributed by atoms with E-state index in [1.165, 1.54) is 0 Å². The molecule has 0 heterocycles. The first kappa shape index (κ1) is 9.03. The van der Waals surface area contributed by atoms with Crippen LogP contribution in [0.25, 0.3) is 0 Å². The summed E-state index contributed by atoms with van der Waals surface area (Å²) in [5.41, 5.74) is 7.20. The van der Waals surface area contributed by atoms with Crippen molar-refractivity contribution >= 4 is 0 Å². The molecule has 1 aromatic rings. The third-order valence-electron chi connectivity index (χ3n) is 1.85. The van der Waals surface area contributed by atoms with Crippen LogP contribution in [0.4, 0.5) is 0 Å². The van der Waals surface area contributed by atoms with Gasteiger partial charge in [0.2, 0.25) is 0 Å². The lowest BCUT2D eigenvalue weighted by atomic mass is 10.1. The largest absolute Gasteiger partial charge is 0.508 e. The number of hydrogen-bond acceptors (Lipinski definition) is 3. The van der Waals surface area contributed by atoms with Crippen LogP contribution in [0.5, 0.6) is 5.75 Å². The summed E-state index contributed by atoms with van der Waals surface area (Å²) in [5.74, 6) is 0.254. The average Bonchev–Trinajstić information content (AvgIpc) is 2.08. The van der Waals surface area contributed by atoms with Gasteiger partial charge in [-0.1, -0.05) is 12.1 Å². The van der Waals surface area contributed by atoms with Gasteiger partial charge in [0.1, 0.15) is 5.75 Å². The summed E-state index contributed by atoms with van der Waals surface area (Å²) in [6.45, 7) is 1.72. The van der Waals surface area contributed by atoms with E-state index in [1.54, 1.807) is 25.1 Å². The second-order valence-electron chi connectivity index (χ2n) is 2.83. The van der Waals surface area contributed by atoms with E-state index in [2.05, 4.69) is 0 Å². The summed E-state index contributed by atoms with van der Waals surface area (Å²) >= 11 is 0. The normalized spacial score (nSPS) is 12.9. The predicted molar refractivity (Wildman–Crippen MR) is 46.9 cm³/mol. The number of aliphatic hydroxyl groups excluding tert-OH is 1. The number of rotatable bonds is 2. The minimum absolute atomic E-state index is 0.0792. The topological polar surface area (TPSA) is 66.5 Å². The highest BCUT2D eigenvalue weighted by molar-refractivity contribution is 5.36. The average molecular weight is 167 g/mol. The van der Waals surface area contributed by atoms with Crippen LogP contribution >= 0.6 is 0 Å². The molecule has 0 aliphatic heterocycles. The molecule has 3 heteroatoms. The molecule has 1 unspecified atom stereocenters. The van der Waals surface area contributed by atoms with Crippen LogP contribution in [0.1, 0.15) is 17.2 Å². The molecule has 0 spiro atoms. The van der Waals surface area contributed by atoms with Gasteiger partial charge in [0.15, 0.2) is 0 Å². The van der Waals surface area contributed by atoms with Crippen molar-refractivity contribution in [1.82, 2.24) is 0 Å². The van der Waals surface area contributed by atoms with Crippen molar-refractivity contribution in [1.29, 1.82) is 0 Å². The summed E-state index contributed by atoms with van der Waals surface area (Å²) in [5, 5.41) is 18.0. The highest BCUT2D eigenvalue weighted by Crippen LogP contribution is 2.19. The van der Waals surface area contributed by atoms with Crippen LogP contribution < -0.4 is 5.73 Å². The quantitative estimate of drug-likeness (QED) is 0.607. The summed E-state index contributed by atoms with van der Waals surface area (Å²) in [7, 11) is 0. The van der Waals surface area contributed by atoms with Crippen LogP contribution in [-0.2, 0) is 0 Å². The fraction of sp³-hybridized carbons (Fsp3) is 0.333. The lowest BCUT2D eigenvalue weighted by Gasteiger charge is -2.09. The molecule has 0 amide bonds. The highest BCUT2D eigenvalue weighted by Gasteiger charge is 2.05. The zero-order valence-corrected chi connectivity index (χ0v) is 6.99. The van der Waals surface area contributed by atoms with E-state index in [-0.39, 0.29) is 18.4 Å². The monoisotopic (exact) mass is 167 g/mol. The number of benzene rings is 1. The Morgan fingerprint density at radius 1 is 1.50 bits per heavy atom. The molecule has 4 N–H and O–H groups in total. The summed E-state index contributed by atoms with van der Waals surface area (Å²) in [4.78, 5) is 0. The number of aliphatic hydroxyl groups is 1. The number of hydrogen-bond donors (Lipinski definition) is 3. The second kappa shape index (κ2) is 3.56. The third kappa shape index (κ3) is 1.75. The number of phenolic OH excluding ortho intramolecular Hbond substituents is 1. The fourth-order valence-corrected chi connectivity index (χ4v) is 1.01. The van der Waals surface area contributed by atoms with Crippen molar-refractivity contribution < 1.29 is 10.2 Å².